The van der Waals surface area contributed by atoms with Gasteiger partial charge in [0.1, 0.15) is 17.7 Å². The number of aliphatic hydroxyl groups is 1. The quantitative estimate of drug-likeness (QED) is 0.144. The highest BCUT2D eigenvalue weighted by Gasteiger charge is 2.59. The summed E-state index contributed by atoms with van der Waals surface area (Å²) >= 11 is 8.97. The number of carbonyl (C=O) groups is 1. The number of non-ortho nitro benzene ring substituents is 1. The lowest BCUT2D eigenvalue weighted by Crippen LogP contribution is -2.62. The third-order valence-electron chi connectivity index (χ3n) is 7.70. The first-order chi connectivity index (χ1) is 17.2. The summed E-state index contributed by atoms with van der Waals surface area (Å²) in [6.45, 7) is 13.0. The molecule has 3 aliphatic heterocycles. The zero-order chi connectivity index (χ0) is 27.3. The van der Waals surface area contributed by atoms with Gasteiger partial charge in [-0.3, -0.25) is 19.8 Å². The van der Waals surface area contributed by atoms with Crippen molar-refractivity contribution in [2.45, 2.75) is 70.0 Å². The van der Waals surface area contributed by atoms with E-state index in [1.54, 1.807) is 40.6 Å². The fourth-order valence-corrected chi connectivity index (χ4v) is 9.39. The third-order valence-corrected chi connectivity index (χ3v) is 15.2. The Morgan fingerprint density at radius 3 is 2.49 bits per heavy atom. The average Bonchev–Trinajstić information content (AvgIpc) is 3.37. The van der Waals surface area contributed by atoms with Gasteiger partial charge < -0.3 is 14.3 Å². The second-order valence-electron chi connectivity index (χ2n) is 11.2. The van der Waals surface area contributed by atoms with Gasteiger partial charge in [-0.15, -0.1) is 11.8 Å². The van der Waals surface area contributed by atoms with E-state index in [-0.39, 0.29) is 51.6 Å². The fraction of sp³-hybridized carbons (Fsp3) is 0.600. The van der Waals surface area contributed by atoms with Crippen LogP contribution in [0.3, 0.4) is 0 Å². The van der Waals surface area contributed by atoms with Crippen LogP contribution in [0.15, 0.2) is 34.9 Å². The number of carbonyl (C=O) groups excluding carboxylic acids is 1. The molecule has 0 spiro atoms. The molecule has 1 N–H and O–H groups in total. The average molecular weight is 583 g/mol. The molecule has 5 atom stereocenters. The van der Waals surface area contributed by atoms with Crippen molar-refractivity contribution in [2.24, 2.45) is 11.8 Å². The van der Waals surface area contributed by atoms with Crippen molar-refractivity contribution in [3.8, 4) is 0 Å². The van der Waals surface area contributed by atoms with Gasteiger partial charge in [0.05, 0.1) is 23.0 Å². The standard InChI is InChI=1S/C25H34N2O6S3Si/c1-14(33-37(5,6)25(2,3)4)19-22(29)26-20(21(36-23(19)26)17-12-35-13-18(17)28)24(34)32-11-15-7-9-16(10-8-15)27(30)31/h7-10,14,17-19,23,28H,11-13H2,1-6H3/t14-,17+,18-,19+,23-/m1/s1. The van der Waals surface area contributed by atoms with Crippen LogP contribution in [0.2, 0.25) is 18.1 Å². The van der Waals surface area contributed by atoms with Gasteiger partial charge in [-0.05, 0) is 55.0 Å². The van der Waals surface area contributed by atoms with Gasteiger partial charge >= 0.3 is 0 Å². The van der Waals surface area contributed by atoms with Crippen molar-refractivity contribution in [3.63, 3.8) is 0 Å². The monoisotopic (exact) mass is 582 g/mol. The Morgan fingerprint density at radius 1 is 1.30 bits per heavy atom. The van der Waals surface area contributed by atoms with Gasteiger partial charge in [0, 0.05) is 34.5 Å². The van der Waals surface area contributed by atoms with Crippen LogP contribution in [0.5, 0.6) is 0 Å². The molecule has 1 amide bonds. The molecule has 1 aromatic carbocycles. The number of nitro benzene ring substituents is 1. The van der Waals surface area contributed by atoms with Crippen molar-refractivity contribution in [1.82, 2.24) is 4.90 Å². The number of nitro groups is 1. The maximum atomic E-state index is 13.5. The van der Waals surface area contributed by atoms with Crippen LogP contribution < -0.4 is 0 Å². The van der Waals surface area contributed by atoms with Gasteiger partial charge in [-0.1, -0.05) is 20.8 Å². The van der Waals surface area contributed by atoms with E-state index in [1.165, 1.54) is 12.1 Å². The molecule has 0 radical (unpaired) electrons. The van der Waals surface area contributed by atoms with E-state index >= 15 is 0 Å². The van der Waals surface area contributed by atoms with Crippen LogP contribution >= 0.6 is 35.7 Å². The minimum atomic E-state index is -2.07. The normalized spacial score (nSPS) is 26.7. The summed E-state index contributed by atoms with van der Waals surface area (Å²) in [4.78, 5) is 26.6. The number of thiocarbonyl (C=S) groups is 1. The first-order valence-corrected chi connectivity index (χ1v) is 17.7. The van der Waals surface area contributed by atoms with Gasteiger partial charge in [0.2, 0.25) is 11.0 Å². The minimum absolute atomic E-state index is 0.00494. The molecular formula is C25H34N2O6S3Si. The molecule has 2 saturated heterocycles. The van der Waals surface area contributed by atoms with Crippen LogP contribution in [-0.4, -0.2) is 63.3 Å². The van der Waals surface area contributed by atoms with Crippen LogP contribution in [-0.2, 0) is 20.6 Å². The van der Waals surface area contributed by atoms with E-state index in [4.69, 9.17) is 21.4 Å². The zero-order valence-corrected chi connectivity index (χ0v) is 25.4. The Labute approximate surface area is 232 Å². The van der Waals surface area contributed by atoms with Gasteiger partial charge in [-0.2, -0.15) is 11.8 Å². The molecule has 8 nitrogen and oxygen atoms in total. The largest absolute Gasteiger partial charge is 0.477 e. The van der Waals surface area contributed by atoms with E-state index in [0.717, 1.165) is 16.2 Å². The maximum Gasteiger partial charge on any atom is 0.269 e. The summed E-state index contributed by atoms with van der Waals surface area (Å²) in [5, 5.41) is 21.7. The molecule has 12 heteroatoms. The highest BCUT2D eigenvalue weighted by Crippen LogP contribution is 2.55. The molecule has 0 aliphatic carbocycles. The summed E-state index contributed by atoms with van der Waals surface area (Å²) < 4.78 is 12.5. The summed E-state index contributed by atoms with van der Waals surface area (Å²) in [6.07, 6.45) is -0.742. The fourth-order valence-electron chi connectivity index (χ4n) is 4.49. The summed E-state index contributed by atoms with van der Waals surface area (Å²) in [5.41, 5.74) is 1.32. The van der Waals surface area contributed by atoms with E-state index in [0.29, 0.717) is 11.4 Å². The van der Waals surface area contributed by atoms with Gasteiger partial charge in [0.15, 0.2) is 8.32 Å². The van der Waals surface area contributed by atoms with Crippen LogP contribution in [0.25, 0.3) is 0 Å². The Morgan fingerprint density at radius 2 is 1.95 bits per heavy atom. The van der Waals surface area contributed by atoms with Crippen molar-refractivity contribution in [3.05, 3.63) is 50.5 Å². The van der Waals surface area contributed by atoms with Crippen molar-refractivity contribution in [2.75, 3.05) is 11.5 Å². The number of benzene rings is 1. The lowest BCUT2D eigenvalue weighted by Gasteiger charge is -2.48. The number of thioether (sulfide) groups is 2. The maximum absolute atomic E-state index is 13.5. The molecule has 0 saturated carbocycles. The number of nitrogens with zero attached hydrogens (tertiary/aromatic N) is 2. The van der Waals surface area contributed by atoms with Crippen LogP contribution in [0, 0.1) is 22.0 Å². The Bertz CT molecular complexity index is 1120. The van der Waals surface area contributed by atoms with E-state index in [1.807, 2.05) is 6.92 Å². The number of rotatable bonds is 8. The van der Waals surface area contributed by atoms with Crippen molar-refractivity contribution < 1.29 is 24.0 Å². The number of aliphatic hydroxyl groups excluding tert-OH is 1. The molecule has 1 aromatic rings. The van der Waals surface area contributed by atoms with Gasteiger partial charge in [0.25, 0.3) is 5.69 Å². The molecule has 2 fully saturated rings. The highest BCUT2D eigenvalue weighted by molar-refractivity contribution is 8.04. The van der Waals surface area contributed by atoms with Crippen molar-refractivity contribution >= 4 is 60.7 Å². The molecule has 0 bridgehead atoms. The Kier molecular flexibility index (Phi) is 8.19. The highest BCUT2D eigenvalue weighted by atomic mass is 32.2. The first-order valence-electron chi connectivity index (χ1n) is 12.3. The molecule has 3 heterocycles. The second-order valence-corrected chi connectivity index (χ2v) is 18.6. The first kappa shape index (κ1) is 28.6. The van der Waals surface area contributed by atoms with Gasteiger partial charge in [-0.25, -0.2) is 0 Å². The lowest BCUT2D eigenvalue weighted by molar-refractivity contribution is -0.384. The number of ether oxygens (including phenoxy) is 1. The molecule has 0 unspecified atom stereocenters. The van der Waals surface area contributed by atoms with Crippen LogP contribution in [0.4, 0.5) is 5.69 Å². The summed E-state index contributed by atoms with van der Waals surface area (Å²) in [6, 6.07) is 6.11. The summed E-state index contributed by atoms with van der Waals surface area (Å²) in [7, 11) is -2.07. The predicted molar refractivity (Wildman–Crippen MR) is 154 cm³/mol. The zero-order valence-electron chi connectivity index (χ0n) is 21.9. The van der Waals surface area contributed by atoms with E-state index in [9.17, 15) is 20.0 Å². The Balaban J connectivity index is 1.53. The molecular weight excluding hydrogens is 549 g/mol. The molecule has 37 heavy (non-hydrogen) atoms. The topological polar surface area (TPSA) is 102 Å². The number of fused-ring (bicyclic) bond motifs is 1. The minimum Gasteiger partial charge on any atom is -0.477 e. The SMILES string of the molecule is C[C@@H](O[Si](C)(C)C(C)(C)C)[C@H]1C(=O)N2C(C(=S)OCc3ccc([N+](=O)[O-])cc3)=C([C@H]3CSC[C@H]3O)S[C@H]12. The summed E-state index contributed by atoms with van der Waals surface area (Å²) in [5.74, 6) is 0.964. The molecule has 3 aliphatic rings. The molecule has 202 valence electrons. The van der Waals surface area contributed by atoms with E-state index in [2.05, 4.69) is 33.9 Å². The second kappa shape index (κ2) is 10.6. The van der Waals surface area contributed by atoms with Crippen molar-refractivity contribution in [1.29, 1.82) is 0 Å². The van der Waals surface area contributed by atoms with E-state index < -0.39 is 19.3 Å². The molecule has 4 rings (SSSR count). The number of hydrogen-bond donors (Lipinski definition) is 1. The molecule has 0 aromatic heterocycles. The third kappa shape index (κ3) is 5.51. The predicted octanol–water partition coefficient (Wildman–Crippen LogP) is 5.32. The number of β-lactam (4-membered cyclic amide) rings is 1. The number of amides is 1. The lowest BCUT2D eigenvalue weighted by atomic mass is 9.91. The number of hydrogen-bond acceptors (Lipinski definition) is 9. The van der Waals surface area contributed by atoms with Crippen LogP contribution in [0.1, 0.15) is 33.3 Å². The smallest absolute Gasteiger partial charge is 0.269 e. The Hall–Kier alpha value is -1.44.